The van der Waals surface area contributed by atoms with E-state index >= 15 is 0 Å². The van der Waals surface area contributed by atoms with Crippen LogP contribution in [0.3, 0.4) is 0 Å². The maximum absolute atomic E-state index is 12.0. The monoisotopic (exact) mass is 894 g/mol. The van der Waals surface area contributed by atoms with E-state index in [9.17, 15) is 9.90 Å². The first kappa shape index (κ1) is 24.0. The fourth-order valence-electron chi connectivity index (χ4n) is 2.22. The summed E-state index contributed by atoms with van der Waals surface area (Å²) < 4.78 is 4.46. The summed E-state index contributed by atoms with van der Waals surface area (Å²) in [5, 5.41) is 18.1. The standard InChI is InChI=1S/C9H6I2OS2.C9H4I2OS2/c2*10-8-5(1-3-13-8)7(12)6-2-4-14-9(6)11/h1-4,7,12H;1-4H. The molecule has 2 nitrogen and oxygen atoms in total. The number of hydrogen-bond acceptors (Lipinski definition) is 6. The van der Waals surface area contributed by atoms with Gasteiger partial charge in [0.2, 0.25) is 0 Å². The van der Waals surface area contributed by atoms with Crippen LogP contribution in [0.4, 0.5) is 0 Å². The normalized spacial score (nSPS) is 10.8. The third-order valence-electron chi connectivity index (χ3n) is 3.61. The molecule has 0 spiro atoms. The van der Waals surface area contributed by atoms with Crippen molar-refractivity contribution in [2.75, 3.05) is 0 Å². The first-order valence-electron chi connectivity index (χ1n) is 7.54. The number of aliphatic hydroxyl groups is 1. The highest BCUT2D eigenvalue weighted by molar-refractivity contribution is 14.1. The van der Waals surface area contributed by atoms with E-state index in [1.54, 1.807) is 45.3 Å². The second-order valence-corrected chi connectivity index (χ2v) is 16.2. The molecule has 0 fully saturated rings. The van der Waals surface area contributed by atoms with Crippen LogP contribution in [0.25, 0.3) is 0 Å². The van der Waals surface area contributed by atoms with E-state index in [0.29, 0.717) is 0 Å². The van der Waals surface area contributed by atoms with Gasteiger partial charge in [-0.1, -0.05) is 0 Å². The third-order valence-corrected chi connectivity index (χ3v) is 11.9. The predicted octanol–water partition coefficient (Wildman–Crippen LogP) is 8.35. The molecule has 4 aromatic heterocycles. The van der Waals surface area contributed by atoms with Crippen LogP contribution in [-0.4, -0.2) is 10.9 Å². The maximum atomic E-state index is 12.0. The van der Waals surface area contributed by atoms with Crippen LogP contribution in [-0.2, 0) is 0 Å². The Hall–Kier alpha value is 1.35. The molecule has 0 saturated heterocycles. The van der Waals surface area contributed by atoms with Crippen LogP contribution in [0, 0.1) is 11.5 Å². The molecular weight excluding hydrogens is 884 g/mol. The molecule has 0 aliphatic carbocycles. The summed E-state index contributed by atoms with van der Waals surface area (Å²) in [7, 11) is 0. The largest absolute Gasteiger partial charge is 0.384 e. The molecule has 4 aromatic rings. The highest BCUT2D eigenvalue weighted by atomic mass is 127. The summed E-state index contributed by atoms with van der Waals surface area (Å²) in [5.41, 5.74) is 3.69. The van der Waals surface area contributed by atoms with E-state index in [1.807, 2.05) is 45.8 Å². The van der Waals surface area contributed by atoms with Crippen LogP contribution < -0.4 is 0 Å². The molecule has 146 valence electrons. The van der Waals surface area contributed by atoms with Gasteiger partial charge < -0.3 is 5.11 Å². The molecule has 1 N–H and O–H groups in total. The Bertz CT molecular complexity index is 996. The summed E-state index contributed by atoms with van der Waals surface area (Å²) in [6.07, 6.45) is -0.466. The molecule has 0 aliphatic heterocycles. The maximum Gasteiger partial charge on any atom is 0.196 e. The highest BCUT2D eigenvalue weighted by Gasteiger charge is 2.18. The van der Waals surface area contributed by atoms with Gasteiger partial charge in [0, 0.05) is 22.3 Å². The van der Waals surface area contributed by atoms with Crippen molar-refractivity contribution in [2.45, 2.75) is 6.10 Å². The number of rotatable bonds is 4. The van der Waals surface area contributed by atoms with Crippen LogP contribution in [0.2, 0.25) is 0 Å². The number of thiophene rings is 4. The van der Waals surface area contributed by atoms with E-state index in [0.717, 1.165) is 33.8 Å². The summed E-state index contributed by atoms with van der Waals surface area (Å²) >= 11 is 15.5. The molecule has 0 aliphatic rings. The lowest BCUT2D eigenvalue weighted by atomic mass is 10.1. The Morgan fingerprint density at radius 3 is 1.32 bits per heavy atom. The minimum atomic E-state index is -0.466. The van der Waals surface area contributed by atoms with Crippen molar-refractivity contribution >= 4 is 141 Å². The number of carbonyl (C=O) groups excluding carboxylic acids is 1. The van der Waals surface area contributed by atoms with Crippen LogP contribution >= 0.6 is 136 Å². The number of carbonyl (C=O) groups is 1. The quantitative estimate of drug-likeness (QED) is 0.165. The van der Waals surface area contributed by atoms with E-state index in [1.165, 1.54) is 0 Å². The number of halogens is 4. The SMILES string of the molecule is O=C(c1ccsc1I)c1ccsc1I.OC(c1ccsc1I)c1ccsc1I. The lowest BCUT2D eigenvalue weighted by Crippen LogP contribution is -2.00. The average Bonchev–Trinajstić information content (AvgIpc) is 3.44. The summed E-state index contributed by atoms with van der Waals surface area (Å²) in [5.74, 6) is 0.140. The first-order valence-corrected chi connectivity index (χ1v) is 15.4. The summed E-state index contributed by atoms with van der Waals surface area (Å²) in [6.45, 7) is 0. The molecule has 4 rings (SSSR count). The van der Waals surface area contributed by atoms with E-state index in [-0.39, 0.29) is 5.78 Å². The number of ketones is 1. The van der Waals surface area contributed by atoms with Crippen LogP contribution in [0.1, 0.15) is 33.2 Å². The van der Waals surface area contributed by atoms with E-state index < -0.39 is 6.10 Å². The smallest absolute Gasteiger partial charge is 0.196 e. The molecule has 4 heterocycles. The third kappa shape index (κ3) is 5.77. The van der Waals surface area contributed by atoms with Crippen LogP contribution in [0.5, 0.6) is 0 Å². The molecule has 0 atom stereocenters. The van der Waals surface area contributed by atoms with E-state index in [4.69, 9.17) is 0 Å². The van der Waals surface area contributed by atoms with Gasteiger partial charge in [-0.25, -0.2) is 0 Å². The van der Waals surface area contributed by atoms with Gasteiger partial charge in [0.15, 0.2) is 5.78 Å². The van der Waals surface area contributed by atoms with Gasteiger partial charge >= 0.3 is 0 Å². The second kappa shape index (κ2) is 11.3. The lowest BCUT2D eigenvalue weighted by molar-refractivity contribution is 0.103. The molecular formula is C18H10I4O2S4. The van der Waals surface area contributed by atoms with Gasteiger partial charge in [-0.05, 0) is 136 Å². The van der Waals surface area contributed by atoms with Gasteiger partial charge in [0.25, 0.3) is 0 Å². The van der Waals surface area contributed by atoms with Crippen molar-refractivity contribution in [3.05, 3.63) is 79.6 Å². The Labute approximate surface area is 233 Å². The Morgan fingerprint density at radius 2 is 1.04 bits per heavy atom. The van der Waals surface area contributed by atoms with Crippen molar-refractivity contribution < 1.29 is 9.90 Å². The molecule has 0 amide bonds. The number of aliphatic hydroxyl groups excluding tert-OH is 1. The van der Waals surface area contributed by atoms with Gasteiger partial charge in [-0.3, -0.25) is 4.79 Å². The van der Waals surface area contributed by atoms with Crippen LogP contribution in [0.15, 0.2) is 45.8 Å². The van der Waals surface area contributed by atoms with Crippen molar-refractivity contribution in [3.63, 3.8) is 0 Å². The fraction of sp³-hybridized carbons (Fsp3) is 0.0556. The molecule has 0 radical (unpaired) electrons. The Morgan fingerprint density at radius 1 is 0.679 bits per heavy atom. The molecule has 10 heteroatoms. The number of hydrogen-bond donors (Lipinski definition) is 1. The zero-order valence-electron chi connectivity index (χ0n) is 13.7. The lowest BCUT2D eigenvalue weighted by Gasteiger charge is -2.08. The van der Waals surface area contributed by atoms with E-state index in [2.05, 4.69) is 90.4 Å². The zero-order valence-corrected chi connectivity index (χ0v) is 25.6. The van der Waals surface area contributed by atoms with Gasteiger partial charge in [-0.15, -0.1) is 45.3 Å². The second-order valence-electron chi connectivity index (χ2n) is 5.25. The molecule has 28 heavy (non-hydrogen) atoms. The molecule has 0 aromatic carbocycles. The Balaban J connectivity index is 0.000000161. The van der Waals surface area contributed by atoms with Gasteiger partial charge in [0.05, 0.1) is 11.5 Å². The average molecular weight is 894 g/mol. The minimum absolute atomic E-state index is 0.140. The highest BCUT2D eigenvalue weighted by Crippen LogP contribution is 2.33. The predicted molar refractivity (Wildman–Crippen MR) is 156 cm³/mol. The Kier molecular flexibility index (Phi) is 9.67. The zero-order chi connectivity index (χ0) is 20.3. The first-order chi connectivity index (χ1) is 13.4. The molecule has 0 saturated carbocycles. The van der Waals surface area contributed by atoms with Crippen molar-refractivity contribution in [1.82, 2.24) is 0 Å². The topological polar surface area (TPSA) is 37.3 Å². The molecule has 0 unspecified atom stereocenters. The molecule has 0 bridgehead atoms. The minimum Gasteiger partial charge on any atom is -0.384 e. The fourth-order valence-corrected chi connectivity index (χ4v) is 8.31. The summed E-state index contributed by atoms with van der Waals surface area (Å²) in [4.78, 5) is 12.0. The van der Waals surface area contributed by atoms with Crippen molar-refractivity contribution in [3.8, 4) is 0 Å². The van der Waals surface area contributed by atoms with Gasteiger partial charge in [-0.2, -0.15) is 0 Å². The van der Waals surface area contributed by atoms with Gasteiger partial charge in [0.1, 0.15) is 6.10 Å². The van der Waals surface area contributed by atoms with Crippen molar-refractivity contribution in [2.24, 2.45) is 0 Å². The van der Waals surface area contributed by atoms with Crippen molar-refractivity contribution in [1.29, 1.82) is 0 Å². The summed E-state index contributed by atoms with van der Waals surface area (Å²) in [6, 6.07) is 7.76.